The summed E-state index contributed by atoms with van der Waals surface area (Å²) in [5.41, 5.74) is 3.87. The van der Waals surface area contributed by atoms with Crippen molar-refractivity contribution >= 4 is 33.9 Å². The SMILES string of the molecule is Cc1nc2c3ccccc3nc(Nc3ccc(N4CCOCC4C)cc3)n2n1. The lowest BCUT2D eigenvalue weighted by Crippen LogP contribution is -2.43. The van der Waals surface area contributed by atoms with Gasteiger partial charge in [0, 0.05) is 29.3 Å². The van der Waals surface area contributed by atoms with Crippen molar-refractivity contribution in [2.24, 2.45) is 0 Å². The summed E-state index contributed by atoms with van der Waals surface area (Å²) in [5, 5.41) is 8.91. The Kier molecular flexibility index (Phi) is 4.09. The summed E-state index contributed by atoms with van der Waals surface area (Å²) < 4.78 is 7.31. The predicted molar refractivity (Wildman–Crippen MR) is 110 cm³/mol. The van der Waals surface area contributed by atoms with Crippen molar-refractivity contribution in [3.05, 3.63) is 54.4 Å². The summed E-state index contributed by atoms with van der Waals surface area (Å²) in [6, 6.07) is 16.8. The molecule has 7 nitrogen and oxygen atoms in total. The molecule has 7 heteroatoms. The normalized spacial score (nSPS) is 17.4. The van der Waals surface area contributed by atoms with Crippen LogP contribution in [0.15, 0.2) is 48.5 Å². The van der Waals surface area contributed by atoms with Gasteiger partial charge < -0.3 is 15.0 Å². The Bertz CT molecular complexity index is 1140. The topological polar surface area (TPSA) is 67.6 Å². The van der Waals surface area contributed by atoms with E-state index in [9.17, 15) is 0 Å². The van der Waals surface area contributed by atoms with Crippen LogP contribution in [0.5, 0.6) is 0 Å². The maximum atomic E-state index is 5.54. The summed E-state index contributed by atoms with van der Waals surface area (Å²) in [7, 11) is 0. The van der Waals surface area contributed by atoms with E-state index >= 15 is 0 Å². The molecule has 2 aromatic carbocycles. The summed E-state index contributed by atoms with van der Waals surface area (Å²) in [5.74, 6) is 1.37. The molecule has 2 aromatic heterocycles. The fourth-order valence-corrected chi connectivity index (χ4v) is 3.72. The molecule has 4 aromatic rings. The van der Waals surface area contributed by atoms with Gasteiger partial charge in [-0.2, -0.15) is 4.52 Å². The van der Waals surface area contributed by atoms with E-state index in [1.165, 1.54) is 5.69 Å². The van der Waals surface area contributed by atoms with Crippen LogP contribution in [0, 0.1) is 6.92 Å². The molecule has 0 aliphatic carbocycles. The standard InChI is InChI=1S/C21H22N6O/c1-14-13-28-12-11-26(14)17-9-7-16(8-10-17)23-21-24-19-6-4-3-5-18(19)20-22-15(2)25-27(20)21/h3-10,14H,11-13H2,1-2H3,(H,23,24). The van der Waals surface area contributed by atoms with Gasteiger partial charge in [0.1, 0.15) is 5.82 Å². The van der Waals surface area contributed by atoms with Crippen LogP contribution < -0.4 is 10.2 Å². The van der Waals surface area contributed by atoms with Crippen LogP contribution in [0.1, 0.15) is 12.7 Å². The largest absolute Gasteiger partial charge is 0.377 e. The first-order chi connectivity index (χ1) is 13.7. The lowest BCUT2D eigenvalue weighted by molar-refractivity contribution is 0.0989. The molecule has 0 spiro atoms. The molecule has 1 unspecified atom stereocenters. The third-order valence-corrected chi connectivity index (χ3v) is 5.11. The van der Waals surface area contributed by atoms with Crippen LogP contribution in [0.25, 0.3) is 16.6 Å². The first-order valence-corrected chi connectivity index (χ1v) is 9.52. The van der Waals surface area contributed by atoms with Crippen molar-refractivity contribution in [1.29, 1.82) is 0 Å². The van der Waals surface area contributed by atoms with Gasteiger partial charge >= 0.3 is 0 Å². The van der Waals surface area contributed by atoms with E-state index in [0.717, 1.165) is 47.8 Å². The Balaban J connectivity index is 1.49. The summed E-state index contributed by atoms with van der Waals surface area (Å²) in [4.78, 5) is 11.7. The fraction of sp³-hybridized carbons (Fsp3) is 0.286. The molecule has 1 aliphatic heterocycles. The number of nitrogens with one attached hydrogen (secondary N) is 1. The number of hydrogen-bond acceptors (Lipinski definition) is 6. The maximum Gasteiger partial charge on any atom is 0.231 e. The van der Waals surface area contributed by atoms with Gasteiger partial charge in [-0.05, 0) is 50.2 Å². The van der Waals surface area contributed by atoms with E-state index in [-0.39, 0.29) is 0 Å². The zero-order valence-corrected chi connectivity index (χ0v) is 16.0. The number of para-hydroxylation sites is 1. The second kappa shape index (κ2) is 6.76. The third-order valence-electron chi connectivity index (χ3n) is 5.11. The number of nitrogens with zero attached hydrogens (tertiary/aromatic N) is 5. The number of rotatable bonds is 3. The average Bonchev–Trinajstić information content (AvgIpc) is 3.11. The molecule has 1 N–H and O–H groups in total. The van der Waals surface area contributed by atoms with Gasteiger partial charge in [-0.15, -0.1) is 5.10 Å². The highest BCUT2D eigenvalue weighted by molar-refractivity contribution is 5.92. The number of ether oxygens (including phenoxy) is 1. The van der Waals surface area contributed by atoms with Crippen LogP contribution in [-0.2, 0) is 4.74 Å². The van der Waals surface area contributed by atoms with Crippen molar-refractivity contribution in [3.8, 4) is 0 Å². The number of aryl methyl sites for hydroxylation is 1. The smallest absolute Gasteiger partial charge is 0.231 e. The fourth-order valence-electron chi connectivity index (χ4n) is 3.72. The Labute approximate surface area is 163 Å². The van der Waals surface area contributed by atoms with Gasteiger partial charge in [0.25, 0.3) is 0 Å². The highest BCUT2D eigenvalue weighted by Gasteiger charge is 2.19. The molecule has 3 heterocycles. The molecule has 5 rings (SSSR count). The molecular formula is C21H22N6O. The molecule has 142 valence electrons. The number of anilines is 3. The average molecular weight is 374 g/mol. The molecule has 0 radical (unpaired) electrons. The van der Waals surface area contributed by atoms with E-state index in [2.05, 4.69) is 51.5 Å². The quantitative estimate of drug-likeness (QED) is 0.591. The number of morpholine rings is 1. The van der Waals surface area contributed by atoms with Gasteiger partial charge in [0.05, 0.1) is 18.7 Å². The zero-order chi connectivity index (χ0) is 19.1. The number of fused-ring (bicyclic) bond motifs is 3. The van der Waals surface area contributed by atoms with Crippen LogP contribution in [0.4, 0.5) is 17.3 Å². The second-order valence-corrected chi connectivity index (χ2v) is 7.14. The highest BCUT2D eigenvalue weighted by atomic mass is 16.5. The van der Waals surface area contributed by atoms with Gasteiger partial charge in [-0.1, -0.05) is 12.1 Å². The third kappa shape index (κ3) is 2.93. The minimum Gasteiger partial charge on any atom is -0.377 e. The molecule has 0 saturated carbocycles. The molecule has 1 fully saturated rings. The Morgan fingerprint density at radius 2 is 1.89 bits per heavy atom. The summed E-state index contributed by atoms with van der Waals surface area (Å²) in [6.07, 6.45) is 0. The van der Waals surface area contributed by atoms with Crippen molar-refractivity contribution in [1.82, 2.24) is 19.6 Å². The molecular weight excluding hydrogens is 352 g/mol. The van der Waals surface area contributed by atoms with E-state index in [1.54, 1.807) is 4.52 Å². The van der Waals surface area contributed by atoms with Crippen LogP contribution in [0.3, 0.4) is 0 Å². The second-order valence-electron chi connectivity index (χ2n) is 7.14. The van der Waals surface area contributed by atoms with Crippen LogP contribution >= 0.6 is 0 Å². The monoisotopic (exact) mass is 374 g/mol. The molecule has 1 saturated heterocycles. The zero-order valence-electron chi connectivity index (χ0n) is 16.0. The number of hydrogen-bond donors (Lipinski definition) is 1. The van der Waals surface area contributed by atoms with Crippen molar-refractivity contribution < 1.29 is 4.74 Å². The van der Waals surface area contributed by atoms with Gasteiger partial charge in [0.2, 0.25) is 5.95 Å². The number of aromatic nitrogens is 4. The molecule has 28 heavy (non-hydrogen) atoms. The van der Waals surface area contributed by atoms with Gasteiger partial charge in [-0.3, -0.25) is 0 Å². The van der Waals surface area contributed by atoms with Crippen molar-refractivity contribution in [2.45, 2.75) is 19.9 Å². The molecule has 0 bridgehead atoms. The maximum absolute atomic E-state index is 5.54. The van der Waals surface area contributed by atoms with E-state index in [0.29, 0.717) is 12.0 Å². The van der Waals surface area contributed by atoms with Gasteiger partial charge in [-0.25, -0.2) is 9.97 Å². The molecule has 0 amide bonds. The van der Waals surface area contributed by atoms with Crippen LogP contribution in [0.2, 0.25) is 0 Å². The first kappa shape index (κ1) is 16.9. The Morgan fingerprint density at radius 1 is 1.07 bits per heavy atom. The first-order valence-electron chi connectivity index (χ1n) is 9.52. The summed E-state index contributed by atoms with van der Waals surface area (Å²) in [6.45, 7) is 6.54. The summed E-state index contributed by atoms with van der Waals surface area (Å²) >= 11 is 0. The van der Waals surface area contributed by atoms with E-state index < -0.39 is 0 Å². The van der Waals surface area contributed by atoms with E-state index in [1.807, 2.05) is 31.2 Å². The predicted octanol–water partition coefficient (Wildman–Crippen LogP) is 3.55. The van der Waals surface area contributed by atoms with Gasteiger partial charge in [0.15, 0.2) is 5.65 Å². The Hall–Kier alpha value is -3.19. The molecule has 1 atom stereocenters. The van der Waals surface area contributed by atoms with Crippen LogP contribution in [-0.4, -0.2) is 45.4 Å². The minimum absolute atomic E-state index is 0.382. The van der Waals surface area contributed by atoms with E-state index in [4.69, 9.17) is 9.72 Å². The Morgan fingerprint density at radius 3 is 2.71 bits per heavy atom. The minimum atomic E-state index is 0.382. The lowest BCUT2D eigenvalue weighted by atomic mass is 10.2. The molecule has 1 aliphatic rings. The lowest BCUT2D eigenvalue weighted by Gasteiger charge is -2.35. The van der Waals surface area contributed by atoms with Crippen molar-refractivity contribution in [2.75, 3.05) is 30.0 Å². The highest BCUT2D eigenvalue weighted by Crippen LogP contribution is 2.25. The number of benzene rings is 2. The van der Waals surface area contributed by atoms with Crippen molar-refractivity contribution in [3.63, 3.8) is 0 Å².